The minimum Gasteiger partial charge on any atom is -0.222 e. The van der Waals surface area contributed by atoms with Crippen LogP contribution in [0.1, 0.15) is 61.8 Å². The molecule has 2 aliphatic carbocycles. The van der Waals surface area contributed by atoms with Gasteiger partial charge in [0.15, 0.2) is 93.2 Å². The van der Waals surface area contributed by atoms with Crippen LogP contribution in [-0.2, 0) is 10.8 Å². The monoisotopic (exact) mass is 1150 g/mol. The van der Waals surface area contributed by atoms with Gasteiger partial charge in [-0.05, 0) is 57.7 Å². The molecule has 0 spiro atoms. The van der Waals surface area contributed by atoms with Crippen molar-refractivity contribution in [2.75, 3.05) is 11.5 Å². The Morgan fingerprint density at radius 1 is 0.338 bits per heavy atom. The number of allylic oxidation sites excluding steroid dienone is 6. The fourth-order valence-corrected chi connectivity index (χ4v) is 13.2. The Bertz CT molecular complexity index is 3120. The largest absolute Gasteiger partial charge is 0.230 e. The molecule has 21 heteroatoms. The van der Waals surface area contributed by atoms with Gasteiger partial charge in [0, 0.05) is 0 Å². The molecule has 0 fully saturated rings. The quantitative estimate of drug-likeness (QED) is 0.0539. The van der Waals surface area contributed by atoms with Crippen LogP contribution < -0.4 is 0 Å². The number of benzene rings is 6. The molecule has 0 aliphatic heterocycles. The number of hydrogen-bond donors (Lipinski definition) is 0. The minimum atomic E-state index is -4.56. The fourth-order valence-electron chi connectivity index (χ4n) is 9.37. The smallest absolute Gasteiger partial charge is 0.222 e. The lowest BCUT2D eigenvalue weighted by molar-refractivity contribution is 0.157. The maximum absolute atomic E-state index is 18.0. The highest BCUT2D eigenvalue weighted by Crippen LogP contribution is 2.67. The maximum atomic E-state index is 18.0. The standard InChI is InChI=1S/C56H36F18S3/c1-3-5-25-75-55(73)51(71)45(67)43(65)49(69)53(55,31-21-17-29(18-22-31)27-13-9-7-10-14-27)33-35(57)39(61)47(40(62)36(33)58)77-48-41(63)37(59)34(38(60)42(48)64)54(32-23-19-30(20-24-32)28-15-11-8-12-16-28)50(70)44(66)46(68)52(72)56(54,74)76-26-6-4-2/h7-24H,3-6,25-26H2,1-2H3. The Labute approximate surface area is 441 Å². The predicted molar refractivity (Wildman–Crippen MR) is 261 cm³/mol. The van der Waals surface area contributed by atoms with Gasteiger partial charge in [0.2, 0.25) is 10.0 Å². The Morgan fingerprint density at radius 3 is 0.896 bits per heavy atom. The first-order chi connectivity index (χ1) is 36.6. The second-order valence-corrected chi connectivity index (χ2v) is 21.1. The number of alkyl halides is 2. The summed E-state index contributed by atoms with van der Waals surface area (Å²) in [5.74, 6) is -47.5. The summed E-state index contributed by atoms with van der Waals surface area (Å²) < 4.78 is 300. The van der Waals surface area contributed by atoms with Gasteiger partial charge in [0.25, 0.3) is 0 Å². The summed E-state index contributed by atoms with van der Waals surface area (Å²) in [6, 6.07) is 22.3. The van der Waals surface area contributed by atoms with Crippen LogP contribution in [0.25, 0.3) is 22.3 Å². The lowest BCUT2D eigenvalue weighted by Gasteiger charge is -2.46. The van der Waals surface area contributed by atoms with E-state index >= 15 is 79.0 Å². The van der Waals surface area contributed by atoms with Gasteiger partial charge in [-0.3, -0.25) is 0 Å². The zero-order valence-electron chi connectivity index (χ0n) is 39.7. The molecule has 77 heavy (non-hydrogen) atoms. The normalized spacial score (nSPS) is 22.0. The Kier molecular flexibility index (Phi) is 16.4. The summed E-state index contributed by atoms with van der Waals surface area (Å²) in [5.41, 5.74) is -15.0. The zero-order chi connectivity index (χ0) is 56.1. The first kappa shape index (κ1) is 57.3. The molecule has 0 nitrogen and oxygen atoms in total. The van der Waals surface area contributed by atoms with Crippen molar-refractivity contribution < 1.29 is 79.0 Å². The van der Waals surface area contributed by atoms with E-state index in [0.29, 0.717) is 35.4 Å². The van der Waals surface area contributed by atoms with E-state index in [1.54, 1.807) is 36.4 Å². The Balaban J connectivity index is 1.37. The molecule has 0 amide bonds. The molecule has 404 valence electrons. The van der Waals surface area contributed by atoms with Crippen LogP contribution in [0, 0.1) is 46.5 Å². The highest BCUT2D eigenvalue weighted by atomic mass is 32.2. The van der Waals surface area contributed by atoms with Crippen molar-refractivity contribution in [1.82, 2.24) is 0 Å². The van der Waals surface area contributed by atoms with Crippen LogP contribution in [0.5, 0.6) is 0 Å². The average Bonchev–Trinajstić information content (AvgIpc) is 3.63. The van der Waals surface area contributed by atoms with E-state index in [9.17, 15) is 0 Å². The minimum absolute atomic E-state index is 0.111. The Hall–Kier alpha value is -5.93. The van der Waals surface area contributed by atoms with Gasteiger partial charge in [-0.15, -0.1) is 23.5 Å². The molecule has 4 atom stereocenters. The number of rotatable bonds is 16. The Morgan fingerprint density at radius 2 is 0.610 bits per heavy atom. The van der Waals surface area contributed by atoms with Crippen LogP contribution >= 0.6 is 35.3 Å². The van der Waals surface area contributed by atoms with Crippen LogP contribution in [0.15, 0.2) is 166 Å². The summed E-state index contributed by atoms with van der Waals surface area (Å²) in [6.07, 6.45) is 0.112. The molecular formula is C56H36F18S3. The van der Waals surface area contributed by atoms with Gasteiger partial charge in [0.1, 0.15) is 10.8 Å². The van der Waals surface area contributed by atoms with Crippen LogP contribution in [-0.4, -0.2) is 21.5 Å². The lowest BCUT2D eigenvalue weighted by Crippen LogP contribution is -2.52. The molecule has 6 aromatic rings. The van der Waals surface area contributed by atoms with Gasteiger partial charge >= 0.3 is 0 Å². The van der Waals surface area contributed by atoms with Gasteiger partial charge in [-0.1, -0.05) is 148 Å². The molecule has 0 saturated carbocycles. The van der Waals surface area contributed by atoms with Crippen LogP contribution in [0.4, 0.5) is 79.0 Å². The molecule has 0 heterocycles. The summed E-state index contributed by atoms with van der Waals surface area (Å²) in [7, 11) is 0. The molecule has 0 aromatic heterocycles. The molecular weight excluding hydrogens is 1110 g/mol. The predicted octanol–water partition coefficient (Wildman–Crippen LogP) is 19.9. The van der Waals surface area contributed by atoms with Crippen molar-refractivity contribution >= 4 is 35.3 Å². The topological polar surface area (TPSA) is 0 Å². The zero-order valence-corrected chi connectivity index (χ0v) is 42.1. The molecule has 4 unspecified atom stereocenters. The maximum Gasteiger partial charge on any atom is 0.230 e. The van der Waals surface area contributed by atoms with E-state index in [1.807, 2.05) is 0 Å². The third-order valence-electron chi connectivity index (χ3n) is 13.2. The highest BCUT2D eigenvalue weighted by Gasteiger charge is 2.70. The number of unbranched alkanes of at least 4 members (excludes halogenated alkanes) is 2. The average molecular weight is 1150 g/mol. The van der Waals surface area contributed by atoms with Crippen molar-refractivity contribution in [3.8, 4) is 22.3 Å². The van der Waals surface area contributed by atoms with Gasteiger partial charge in [-0.25, -0.2) is 79.0 Å². The van der Waals surface area contributed by atoms with E-state index in [1.165, 1.54) is 38.1 Å². The summed E-state index contributed by atoms with van der Waals surface area (Å²) in [5, 5.41) is -9.12. The molecule has 0 radical (unpaired) electrons. The summed E-state index contributed by atoms with van der Waals surface area (Å²) >= 11 is -1.97. The first-order valence-corrected chi connectivity index (χ1v) is 26.0. The van der Waals surface area contributed by atoms with E-state index in [-0.39, 0.29) is 60.3 Å². The number of thioether (sulfide) groups is 2. The lowest BCUT2D eigenvalue weighted by atomic mass is 9.66. The number of hydrogen-bond acceptors (Lipinski definition) is 3. The van der Waals surface area contributed by atoms with Crippen LogP contribution in [0.3, 0.4) is 0 Å². The second kappa shape index (κ2) is 22.1. The van der Waals surface area contributed by atoms with E-state index in [2.05, 4.69) is 0 Å². The van der Waals surface area contributed by atoms with Crippen molar-refractivity contribution in [3.63, 3.8) is 0 Å². The molecule has 0 bridgehead atoms. The summed E-state index contributed by atoms with van der Waals surface area (Å²) in [4.78, 5) is -4.64. The molecule has 0 N–H and O–H groups in total. The van der Waals surface area contributed by atoms with Gasteiger partial charge in [0.05, 0.1) is 20.9 Å². The van der Waals surface area contributed by atoms with Gasteiger partial charge < -0.3 is 0 Å². The van der Waals surface area contributed by atoms with Crippen LogP contribution in [0.2, 0.25) is 0 Å². The molecule has 2 aliphatic rings. The SMILES string of the molecule is CCCCSC1(F)C(F)=C(F)C(F)=C(F)C1(c1ccc(-c2ccccc2)cc1)c1c(F)c(F)c(Sc2c(F)c(F)c(C3(c4ccc(-c5ccccc5)cc4)C(F)=C(F)C(F)=C(F)C3(F)SCCCC)c(F)c2F)c(F)c1F. The summed E-state index contributed by atoms with van der Waals surface area (Å²) in [6.45, 7) is 3.03. The third-order valence-corrected chi connectivity index (χ3v) is 17.1. The number of halogens is 18. The van der Waals surface area contributed by atoms with Crippen molar-refractivity contribution in [3.05, 3.63) is 225 Å². The van der Waals surface area contributed by atoms with Crippen molar-refractivity contribution in [1.29, 1.82) is 0 Å². The highest BCUT2D eigenvalue weighted by molar-refractivity contribution is 8.01. The second-order valence-electron chi connectivity index (χ2n) is 17.5. The van der Waals surface area contributed by atoms with Gasteiger partial charge in [-0.2, -0.15) is 0 Å². The van der Waals surface area contributed by atoms with E-state index in [0.717, 1.165) is 24.3 Å². The van der Waals surface area contributed by atoms with Crippen molar-refractivity contribution in [2.24, 2.45) is 0 Å². The fraction of sp³-hybridized carbons (Fsp3) is 0.214. The molecule has 6 aromatic carbocycles. The molecule has 8 rings (SSSR count). The van der Waals surface area contributed by atoms with E-state index in [4.69, 9.17) is 0 Å². The van der Waals surface area contributed by atoms with Crippen molar-refractivity contribution in [2.45, 2.75) is 70.2 Å². The third kappa shape index (κ3) is 8.80. The first-order valence-electron chi connectivity index (χ1n) is 23.2. The molecule has 0 saturated heterocycles. The van der Waals surface area contributed by atoms with E-state index < -0.39 is 169 Å².